The fourth-order valence-corrected chi connectivity index (χ4v) is 2.47. The van der Waals surface area contributed by atoms with E-state index in [1.807, 2.05) is 41.3 Å². The maximum atomic E-state index is 6.06. The molecule has 0 aliphatic rings. The Morgan fingerprint density at radius 3 is 2.70 bits per heavy atom. The van der Waals surface area contributed by atoms with Gasteiger partial charge < -0.3 is 5.73 Å². The molecular formula is C14H18N6. The van der Waals surface area contributed by atoms with Crippen molar-refractivity contribution in [3.05, 3.63) is 35.3 Å². The molecule has 0 amide bonds. The van der Waals surface area contributed by atoms with E-state index < -0.39 is 0 Å². The third kappa shape index (κ3) is 1.93. The van der Waals surface area contributed by atoms with Crippen molar-refractivity contribution >= 4 is 17.1 Å². The Morgan fingerprint density at radius 1 is 1.20 bits per heavy atom. The third-order valence-corrected chi connectivity index (χ3v) is 3.39. The number of anilines is 1. The van der Waals surface area contributed by atoms with Crippen molar-refractivity contribution in [2.45, 2.75) is 33.9 Å². The maximum absolute atomic E-state index is 6.06. The number of nitrogens with two attached hydrogens (primary N) is 1. The van der Waals surface area contributed by atoms with E-state index in [4.69, 9.17) is 5.73 Å². The van der Waals surface area contributed by atoms with Crippen LogP contribution in [0.2, 0.25) is 0 Å². The van der Waals surface area contributed by atoms with Crippen LogP contribution in [0, 0.1) is 13.8 Å². The van der Waals surface area contributed by atoms with E-state index in [-0.39, 0.29) is 0 Å². The Bertz CT molecular complexity index is 767. The number of imidazole rings is 1. The summed E-state index contributed by atoms with van der Waals surface area (Å²) < 4.78 is 3.91. The van der Waals surface area contributed by atoms with Crippen LogP contribution >= 0.6 is 0 Å². The van der Waals surface area contributed by atoms with Gasteiger partial charge in [0.1, 0.15) is 5.52 Å². The van der Waals surface area contributed by atoms with Gasteiger partial charge in [0.2, 0.25) is 5.95 Å². The van der Waals surface area contributed by atoms with Crippen molar-refractivity contribution in [2.75, 3.05) is 5.73 Å². The number of pyridine rings is 1. The summed E-state index contributed by atoms with van der Waals surface area (Å²) in [7, 11) is 0. The largest absolute Gasteiger partial charge is 0.369 e. The van der Waals surface area contributed by atoms with Gasteiger partial charge in [0.05, 0.1) is 17.9 Å². The molecule has 0 aromatic carbocycles. The topological polar surface area (TPSA) is 74.6 Å². The number of hydrogen-bond donors (Lipinski definition) is 1. The van der Waals surface area contributed by atoms with Crippen molar-refractivity contribution in [1.82, 2.24) is 24.3 Å². The number of fused-ring (bicyclic) bond motifs is 1. The molecular weight excluding hydrogens is 252 g/mol. The summed E-state index contributed by atoms with van der Waals surface area (Å²) in [5.41, 5.74) is 10.8. The van der Waals surface area contributed by atoms with Gasteiger partial charge in [-0.1, -0.05) is 6.07 Å². The standard InChI is InChI=1S/C14H18N6/c1-4-20-13-12(10(3)18-20)17-14(15)19(13)8-11-7-5-6-9(2)16-11/h5-7H,4,8H2,1-3H3,(H2,15,17). The summed E-state index contributed by atoms with van der Waals surface area (Å²) in [4.78, 5) is 8.95. The molecule has 0 unspecified atom stereocenters. The summed E-state index contributed by atoms with van der Waals surface area (Å²) in [6.07, 6.45) is 0. The van der Waals surface area contributed by atoms with Gasteiger partial charge in [0.25, 0.3) is 0 Å². The van der Waals surface area contributed by atoms with E-state index in [9.17, 15) is 0 Å². The van der Waals surface area contributed by atoms with E-state index in [2.05, 4.69) is 22.0 Å². The molecule has 0 atom stereocenters. The van der Waals surface area contributed by atoms with Crippen molar-refractivity contribution in [3.8, 4) is 0 Å². The van der Waals surface area contributed by atoms with Crippen LogP contribution in [0.4, 0.5) is 5.95 Å². The Labute approximate surface area is 117 Å². The monoisotopic (exact) mass is 270 g/mol. The third-order valence-electron chi connectivity index (χ3n) is 3.39. The van der Waals surface area contributed by atoms with E-state index in [0.29, 0.717) is 12.5 Å². The van der Waals surface area contributed by atoms with Crippen LogP contribution in [0.3, 0.4) is 0 Å². The van der Waals surface area contributed by atoms with E-state index in [1.165, 1.54) is 0 Å². The quantitative estimate of drug-likeness (QED) is 0.788. The van der Waals surface area contributed by atoms with Crippen LogP contribution in [-0.4, -0.2) is 24.3 Å². The summed E-state index contributed by atoms with van der Waals surface area (Å²) in [6, 6.07) is 5.99. The van der Waals surface area contributed by atoms with Crippen LogP contribution in [0.5, 0.6) is 0 Å². The van der Waals surface area contributed by atoms with E-state index in [0.717, 1.165) is 34.8 Å². The van der Waals surface area contributed by atoms with Gasteiger partial charge in [-0.3, -0.25) is 9.55 Å². The van der Waals surface area contributed by atoms with Crippen molar-refractivity contribution < 1.29 is 0 Å². The fourth-order valence-electron chi connectivity index (χ4n) is 2.47. The molecule has 0 spiro atoms. The SMILES string of the molecule is CCn1nc(C)c2nc(N)n(Cc3cccc(C)n3)c21. The van der Waals surface area contributed by atoms with Gasteiger partial charge in [-0.05, 0) is 32.9 Å². The molecule has 3 rings (SSSR count). The molecule has 3 aromatic rings. The molecule has 2 N–H and O–H groups in total. The Balaban J connectivity index is 2.13. The maximum Gasteiger partial charge on any atom is 0.202 e. The first-order chi connectivity index (χ1) is 9.60. The van der Waals surface area contributed by atoms with Crippen LogP contribution in [0.1, 0.15) is 24.0 Å². The first kappa shape index (κ1) is 12.7. The summed E-state index contributed by atoms with van der Waals surface area (Å²) in [6.45, 7) is 7.39. The first-order valence-corrected chi connectivity index (χ1v) is 6.71. The van der Waals surface area contributed by atoms with Crippen molar-refractivity contribution in [1.29, 1.82) is 0 Å². The lowest BCUT2D eigenvalue weighted by Crippen LogP contribution is -2.10. The zero-order chi connectivity index (χ0) is 14.3. The van der Waals surface area contributed by atoms with Gasteiger partial charge in [0.15, 0.2) is 5.65 Å². The lowest BCUT2D eigenvalue weighted by molar-refractivity contribution is 0.645. The molecule has 0 saturated carbocycles. The second-order valence-electron chi connectivity index (χ2n) is 4.90. The van der Waals surface area contributed by atoms with Gasteiger partial charge in [0, 0.05) is 12.2 Å². The Morgan fingerprint density at radius 2 is 2.00 bits per heavy atom. The minimum atomic E-state index is 0.506. The molecule has 0 aliphatic heterocycles. The average molecular weight is 270 g/mol. The predicted octanol–water partition coefficient (Wildman–Crippen LogP) is 1.90. The van der Waals surface area contributed by atoms with Gasteiger partial charge in [-0.15, -0.1) is 0 Å². The summed E-state index contributed by atoms with van der Waals surface area (Å²) in [5, 5.41) is 4.49. The lowest BCUT2D eigenvalue weighted by Gasteiger charge is -2.08. The van der Waals surface area contributed by atoms with Crippen LogP contribution in [0.25, 0.3) is 11.2 Å². The van der Waals surface area contributed by atoms with Gasteiger partial charge in [-0.2, -0.15) is 5.10 Å². The highest BCUT2D eigenvalue weighted by atomic mass is 15.4. The molecule has 6 nitrogen and oxygen atoms in total. The fraction of sp³-hybridized carbons (Fsp3) is 0.357. The highest BCUT2D eigenvalue weighted by Crippen LogP contribution is 2.22. The number of nitrogen functional groups attached to an aromatic ring is 1. The second kappa shape index (κ2) is 4.63. The van der Waals surface area contributed by atoms with Crippen LogP contribution < -0.4 is 5.73 Å². The van der Waals surface area contributed by atoms with Gasteiger partial charge in [-0.25, -0.2) is 9.67 Å². The van der Waals surface area contributed by atoms with E-state index in [1.54, 1.807) is 0 Å². The minimum Gasteiger partial charge on any atom is -0.369 e. The molecule has 0 aliphatic carbocycles. The predicted molar refractivity (Wildman–Crippen MR) is 78.4 cm³/mol. The minimum absolute atomic E-state index is 0.506. The van der Waals surface area contributed by atoms with Crippen molar-refractivity contribution in [3.63, 3.8) is 0 Å². The summed E-state index contributed by atoms with van der Waals surface area (Å²) in [5.74, 6) is 0.506. The zero-order valence-electron chi connectivity index (χ0n) is 12.0. The molecule has 6 heteroatoms. The average Bonchev–Trinajstić information content (AvgIpc) is 2.89. The molecule has 3 heterocycles. The first-order valence-electron chi connectivity index (χ1n) is 6.71. The highest BCUT2D eigenvalue weighted by Gasteiger charge is 2.17. The second-order valence-corrected chi connectivity index (χ2v) is 4.90. The lowest BCUT2D eigenvalue weighted by atomic mass is 10.3. The molecule has 20 heavy (non-hydrogen) atoms. The molecule has 0 bridgehead atoms. The van der Waals surface area contributed by atoms with Crippen LogP contribution in [-0.2, 0) is 13.1 Å². The molecule has 3 aromatic heterocycles. The molecule has 0 fully saturated rings. The number of aromatic nitrogens is 5. The smallest absolute Gasteiger partial charge is 0.202 e. The van der Waals surface area contributed by atoms with Gasteiger partial charge >= 0.3 is 0 Å². The van der Waals surface area contributed by atoms with E-state index >= 15 is 0 Å². The summed E-state index contributed by atoms with van der Waals surface area (Å²) >= 11 is 0. The number of aryl methyl sites for hydroxylation is 3. The Hall–Kier alpha value is -2.37. The molecule has 0 radical (unpaired) electrons. The Kier molecular flexibility index (Phi) is 2.93. The number of hydrogen-bond acceptors (Lipinski definition) is 4. The number of rotatable bonds is 3. The molecule has 104 valence electrons. The van der Waals surface area contributed by atoms with Crippen LogP contribution in [0.15, 0.2) is 18.2 Å². The normalized spacial score (nSPS) is 11.3. The zero-order valence-corrected chi connectivity index (χ0v) is 12.0. The highest BCUT2D eigenvalue weighted by molar-refractivity contribution is 5.77. The molecule has 0 saturated heterocycles. The van der Waals surface area contributed by atoms with Crippen molar-refractivity contribution in [2.24, 2.45) is 0 Å². The number of nitrogens with zero attached hydrogens (tertiary/aromatic N) is 5.